The molecule has 2 unspecified atom stereocenters. The maximum atomic E-state index is 3.39. The summed E-state index contributed by atoms with van der Waals surface area (Å²) < 4.78 is 0. The van der Waals surface area contributed by atoms with Crippen molar-refractivity contribution < 1.29 is 0 Å². The molecule has 1 fully saturated rings. The second-order valence-electron chi connectivity index (χ2n) is 6.16. The second kappa shape index (κ2) is 6.59. The van der Waals surface area contributed by atoms with Gasteiger partial charge in [0.25, 0.3) is 0 Å². The number of fused-ring (bicyclic) bond motifs is 1. The van der Waals surface area contributed by atoms with Gasteiger partial charge in [-0.2, -0.15) is 0 Å². The van der Waals surface area contributed by atoms with Crippen molar-refractivity contribution in [3.8, 4) is 0 Å². The minimum absolute atomic E-state index is 0.559. The van der Waals surface area contributed by atoms with Gasteiger partial charge in [-0.15, -0.1) is 0 Å². The molecule has 2 atom stereocenters. The molecule has 2 aromatic rings. The molecule has 0 bridgehead atoms. The molecule has 112 valence electrons. The van der Waals surface area contributed by atoms with E-state index in [4.69, 9.17) is 0 Å². The van der Waals surface area contributed by atoms with Gasteiger partial charge >= 0.3 is 0 Å². The number of likely N-dealkylation sites (tertiary alicyclic amines) is 1. The first-order chi connectivity index (χ1) is 10.3. The van der Waals surface area contributed by atoms with Crippen LogP contribution in [0.25, 0.3) is 10.8 Å². The molecule has 2 nitrogen and oxygen atoms in total. The number of hydrogen-bond donors (Lipinski definition) is 1. The topological polar surface area (TPSA) is 15.3 Å². The zero-order chi connectivity index (χ0) is 14.7. The maximum Gasteiger partial charge on any atom is 0.0395 e. The Labute approximate surface area is 128 Å². The summed E-state index contributed by atoms with van der Waals surface area (Å²) in [5.41, 5.74) is 1.51. The van der Waals surface area contributed by atoms with Crippen molar-refractivity contribution in [3.05, 3.63) is 48.0 Å². The molecule has 0 radical (unpaired) electrons. The van der Waals surface area contributed by atoms with Gasteiger partial charge < -0.3 is 5.32 Å². The van der Waals surface area contributed by atoms with Gasteiger partial charge in [0.15, 0.2) is 0 Å². The highest BCUT2D eigenvalue weighted by Crippen LogP contribution is 2.39. The number of hydrogen-bond acceptors (Lipinski definition) is 2. The Bertz CT molecular complexity index is 574. The van der Waals surface area contributed by atoms with Crippen LogP contribution in [0.2, 0.25) is 0 Å². The summed E-state index contributed by atoms with van der Waals surface area (Å²) in [6.07, 6.45) is 2.53. The number of rotatable bonds is 5. The zero-order valence-electron chi connectivity index (χ0n) is 13.2. The monoisotopic (exact) mass is 282 g/mol. The number of nitrogens with zero attached hydrogens (tertiary/aromatic N) is 1. The SMILES string of the molecule is CCCN1CCC(CNC)C1c1cccc2ccccc12. The largest absolute Gasteiger partial charge is 0.319 e. The molecule has 1 saturated heterocycles. The van der Waals surface area contributed by atoms with Crippen LogP contribution in [0.3, 0.4) is 0 Å². The minimum atomic E-state index is 0.559. The summed E-state index contributed by atoms with van der Waals surface area (Å²) >= 11 is 0. The summed E-state index contributed by atoms with van der Waals surface area (Å²) in [5.74, 6) is 0.715. The predicted molar refractivity (Wildman–Crippen MR) is 90.6 cm³/mol. The van der Waals surface area contributed by atoms with E-state index in [1.807, 2.05) is 0 Å². The molecule has 1 aliphatic heterocycles. The summed E-state index contributed by atoms with van der Waals surface area (Å²) in [4.78, 5) is 2.68. The molecule has 0 amide bonds. The lowest BCUT2D eigenvalue weighted by atomic mass is 9.90. The highest BCUT2D eigenvalue weighted by molar-refractivity contribution is 5.86. The van der Waals surface area contributed by atoms with Gasteiger partial charge in [0.1, 0.15) is 0 Å². The third-order valence-corrected chi connectivity index (χ3v) is 4.75. The Morgan fingerprint density at radius 1 is 1.14 bits per heavy atom. The molecular weight excluding hydrogens is 256 g/mol. The number of nitrogens with one attached hydrogen (secondary N) is 1. The van der Waals surface area contributed by atoms with Crippen molar-refractivity contribution in [2.24, 2.45) is 5.92 Å². The van der Waals surface area contributed by atoms with Crippen LogP contribution in [0.15, 0.2) is 42.5 Å². The van der Waals surface area contributed by atoms with Crippen LogP contribution < -0.4 is 5.32 Å². The maximum absolute atomic E-state index is 3.39. The zero-order valence-corrected chi connectivity index (χ0v) is 13.2. The van der Waals surface area contributed by atoms with Gasteiger partial charge in [-0.25, -0.2) is 0 Å². The fourth-order valence-electron chi connectivity index (χ4n) is 3.90. The number of benzene rings is 2. The third-order valence-electron chi connectivity index (χ3n) is 4.75. The lowest BCUT2D eigenvalue weighted by Crippen LogP contribution is -2.30. The van der Waals surface area contributed by atoms with Crippen LogP contribution in [0.5, 0.6) is 0 Å². The van der Waals surface area contributed by atoms with Crippen molar-refractivity contribution >= 4 is 10.8 Å². The molecule has 21 heavy (non-hydrogen) atoms. The van der Waals surface area contributed by atoms with Crippen molar-refractivity contribution in [1.82, 2.24) is 10.2 Å². The average molecular weight is 282 g/mol. The van der Waals surface area contributed by atoms with Crippen LogP contribution >= 0.6 is 0 Å². The van der Waals surface area contributed by atoms with Gasteiger partial charge in [-0.05, 0) is 61.8 Å². The van der Waals surface area contributed by atoms with Gasteiger partial charge in [-0.1, -0.05) is 49.4 Å². The van der Waals surface area contributed by atoms with E-state index < -0.39 is 0 Å². The first-order valence-corrected chi connectivity index (χ1v) is 8.21. The summed E-state index contributed by atoms with van der Waals surface area (Å²) in [6, 6.07) is 16.1. The van der Waals surface area contributed by atoms with Crippen molar-refractivity contribution in [3.63, 3.8) is 0 Å². The predicted octanol–water partition coefficient (Wildman–Crippen LogP) is 3.83. The van der Waals surface area contributed by atoms with E-state index >= 15 is 0 Å². The lowest BCUT2D eigenvalue weighted by molar-refractivity contribution is 0.229. The summed E-state index contributed by atoms with van der Waals surface area (Å²) in [5, 5.41) is 6.18. The van der Waals surface area contributed by atoms with Crippen LogP contribution in [-0.4, -0.2) is 31.6 Å². The molecule has 1 N–H and O–H groups in total. The first kappa shape index (κ1) is 14.6. The van der Waals surface area contributed by atoms with Crippen molar-refractivity contribution in [2.45, 2.75) is 25.8 Å². The molecule has 3 rings (SSSR count). The minimum Gasteiger partial charge on any atom is -0.319 e. The van der Waals surface area contributed by atoms with Gasteiger partial charge in [-0.3, -0.25) is 4.90 Å². The molecule has 0 aliphatic carbocycles. The van der Waals surface area contributed by atoms with Crippen LogP contribution in [0.4, 0.5) is 0 Å². The highest BCUT2D eigenvalue weighted by Gasteiger charge is 2.34. The Morgan fingerprint density at radius 3 is 2.76 bits per heavy atom. The highest BCUT2D eigenvalue weighted by atomic mass is 15.2. The van der Waals surface area contributed by atoms with E-state index in [1.54, 1.807) is 0 Å². The average Bonchev–Trinajstić information content (AvgIpc) is 2.90. The second-order valence-corrected chi connectivity index (χ2v) is 6.16. The third kappa shape index (κ3) is 2.83. The van der Waals surface area contributed by atoms with Crippen molar-refractivity contribution in [2.75, 3.05) is 26.7 Å². The van der Waals surface area contributed by atoms with Gasteiger partial charge in [0.05, 0.1) is 0 Å². The molecule has 0 aromatic heterocycles. The van der Waals surface area contributed by atoms with E-state index in [1.165, 1.54) is 42.3 Å². The first-order valence-electron chi connectivity index (χ1n) is 8.21. The van der Waals surface area contributed by atoms with Crippen LogP contribution in [-0.2, 0) is 0 Å². The Morgan fingerprint density at radius 2 is 1.95 bits per heavy atom. The summed E-state index contributed by atoms with van der Waals surface area (Å²) in [6.45, 7) is 5.82. The van der Waals surface area contributed by atoms with E-state index in [9.17, 15) is 0 Å². The Balaban J connectivity index is 2.03. The van der Waals surface area contributed by atoms with Crippen LogP contribution in [0, 0.1) is 5.92 Å². The Kier molecular flexibility index (Phi) is 4.57. The van der Waals surface area contributed by atoms with E-state index in [2.05, 4.69) is 66.7 Å². The fourth-order valence-corrected chi connectivity index (χ4v) is 3.90. The summed E-state index contributed by atoms with van der Waals surface area (Å²) in [7, 11) is 2.07. The van der Waals surface area contributed by atoms with E-state index in [-0.39, 0.29) is 0 Å². The van der Waals surface area contributed by atoms with Gasteiger partial charge in [0, 0.05) is 6.04 Å². The molecular formula is C19H26N2. The smallest absolute Gasteiger partial charge is 0.0395 e. The van der Waals surface area contributed by atoms with E-state index in [0.29, 0.717) is 12.0 Å². The molecule has 0 saturated carbocycles. The molecule has 1 heterocycles. The van der Waals surface area contributed by atoms with Gasteiger partial charge in [0.2, 0.25) is 0 Å². The molecule has 0 spiro atoms. The van der Waals surface area contributed by atoms with Crippen molar-refractivity contribution in [1.29, 1.82) is 0 Å². The van der Waals surface area contributed by atoms with Crippen LogP contribution in [0.1, 0.15) is 31.4 Å². The normalized spacial score (nSPS) is 23.0. The standard InChI is InChI=1S/C19H26N2/c1-3-12-21-13-11-16(14-20-2)19(21)18-10-6-8-15-7-4-5-9-17(15)18/h4-10,16,19-20H,3,11-14H2,1-2H3. The molecule has 2 aromatic carbocycles. The van der Waals surface area contributed by atoms with E-state index in [0.717, 1.165) is 6.54 Å². The fraction of sp³-hybridized carbons (Fsp3) is 0.474. The molecule has 2 heteroatoms. The lowest BCUT2D eigenvalue weighted by Gasteiger charge is -2.29. The quantitative estimate of drug-likeness (QED) is 0.896. The Hall–Kier alpha value is -1.38. The molecule has 1 aliphatic rings.